The van der Waals surface area contributed by atoms with Crippen LogP contribution in [0.2, 0.25) is 0 Å². The molecule has 0 radical (unpaired) electrons. The second kappa shape index (κ2) is 9.49. The molecule has 0 unspecified atom stereocenters. The summed E-state index contributed by atoms with van der Waals surface area (Å²) >= 11 is 1.41. The van der Waals surface area contributed by atoms with E-state index >= 15 is 4.39 Å². The molecular weight excluding hydrogens is 504 g/mol. The van der Waals surface area contributed by atoms with E-state index < -0.39 is 23.0 Å². The molecular formula is C25H25F2N5O4S. The van der Waals surface area contributed by atoms with Gasteiger partial charge in [-0.05, 0) is 38.0 Å². The Hall–Kier alpha value is -3.38. The first-order valence-corrected chi connectivity index (χ1v) is 12.4. The second-order valence-electron chi connectivity index (χ2n) is 9.45. The minimum Gasteiger partial charge on any atom is -0.470 e. The minimum atomic E-state index is -1.08. The SMILES string of the molecule is COC[C@]12C[C@H]1[C@@](C)(c1cc(CC(=O)c3cnc(OCc4cc(C)on4)cn3)cc(F)c1F)N=C(N)S2. The van der Waals surface area contributed by atoms with Crippen molar-refractivity contribution in [1.29, 1.82) is 0 Å². The molecule has 2 N–H and O–H groups in total. The number of Topliss-reactive ketones (excluding diaryl/α,β-unsaturated/α-hetero) is 1. The fourth-order valence-electron chi connectivity index (χ4n) is 4.89. The van der Waals surface area contributed by atoms with E-state index in [0.29, 0.717) is 35.2 Å². The molecule has 1 fully saturated rings. The van der Waals surface area contributed by atoms with Crippen molar-refractivity contribution >= 4 is 22.7 Å². The number of ketones is 1. The van der Waals surface area contributed by atoms with Crippen LogP contribution in [0.1, 0.15) is 46.4 Å². The van der Waals surface area contributed by atoms with E-state index in [4.69, 9.17) is 19.7 Å². The summed E-state index contributed by atoms with van der Waals surface area (Å²) in [6.45, 7) is 4.07. The molecule has 1 aromatic carbocycles. The van der Waals surface area contributed by atoms with Gasteiger partial charge in [0.2, 0.25) is 5.88 Å². The van der Waals surface area contributed by atoms with Gasteiger partial charge in [0.1, 0.15) is 23.8 Å². The Labute approximate surface area is 215 Å². The standard InChI is InChI=1S/C25H25F2N5O4S/c1-13-4-15(32-36-13)11-35-21-10-29-18(9-30-21)19(33)7-14-5-16(22(27)17(26)6-14)24(2)20-8-25(20,12-34-3)37-23(28)31-24/h4-6,9-10,20H,7-8,11-12H2,1-3H3,(H2,28,31)/t20-,24+,25+/m0/s1. The zero-order chi connectivity index (χ0) is 26.4. The molecule has 3 heterocycles. The number of benzene rings is 1. The Morgan fingerprint density at radius 3 is 2.76 bits per heavy atom. The van der Waals surface area contributed by atoms with E-state index in [2.05, 4.69) is 20.1 Å². The van der Waals surface area contributed by atoms with Crippen molar-refractivity contribution in [2.24, 2.45) is 16.6 Å². The van der Waals surface area contributed by atoms with E-state index in [9.17, 15) is 9.18 Å². The minimum absolute atomic E-state index is 0.0689. The summed E-state index contributed by atoms with van der Waals surface area (Å²) in [5.41, 5.74) is 6.03. The number of ether oxygens (including phenoxy) is 2. The number of carbonyl (C=O) groups excluding carboxylic acids is 1. The monoisotopic (exact) mass is 529 g/mol. The van der Waals surface area contributed by atoms with Crippen molar-refractivity contribution in [3.8, 4) is 5.88 Å². The van der Waals surface area contributed by atoms with Gasteiger partial charge in [0, 0.05) is 31.1 Å². The molecule has 3 atom stereocenters. The van der Waals surface area contributed by atoms with Crippen LogP contribution in [-0.4, -0.2) is 44.5 Å². The number of aryl methyl sites for hydroxylation is 1. The number of nitrogens with two attached hydrogens (primary N) is 1. The van der Waals surface area contributed by atoms with Crippen molar-refractivity contribution in [1.82, 2.24) is 15.1 Å². The molecule has 1 aliphatic carbocycles. The van der Waals surface area contributed by atoms with Crippen LogP contribution in [0.3, 0.4) is 0 Å². The molecule has 12 heteroatoms. The molecule has 1 aliphatic heterocycles. The number of nitrogens with zero attached hydrogens (tertiary/aromatic N) is 4. The Bertz CT molecular complexity index is 1380. The summed E-state index contributed by atoms with van der Waals surface area (Å²) in [5, 5.41) is 4.12. The Morgan fingerprint density at radius 2 is 2.08 bits per heavy atom. The lowest BCUT2D eigenvalue weighted by Gasteiger charge is -2.34. The lowest BCUT2D eigenvalue weighted by Crippen LogP contribution is -2.38. The first-order chi connectivity index (χ1) is 17.6. The number of halogens is 2. The van der Waals surface area contributed by atoms with Gasteiger partial charge in [0.15, 0.2) is 22.6 Å². The average molecular weight is 530 g/mol. The Morgan fingerprint density at radius 1 is 1.27 bits per heavy atom. The number of amidine groups is 1. The largest absolute Gasteiger partial charge is 0.470 e. The molecule has 3 aromatic rings. The third-order valence-corrected chi connectivity index (χ3v) is 7.97. The third kappa shape index (κ3) is 4.82. The van der Waals surface area contributed by atoms with Gasteiger partial charge in [-0.25, -0.2) is 18.7 Å². The summed E-state index contributed by atoms with van der Waals surface area (Å²) < 4.78 is 45.3. The number of fused-ring (bicyclic) bond motifs is 1. The number of hydrogen-bond donors (Lipinski definition) is 1. The molecule has 0 spiro atoms. The van der Waals surface area contributed by atoms with Crippen molar-refractivity contribution in [3.63, 3.8) is 0 Å². The van der Waals surface area contributed by atoms with Crippen LogP contribution in [0.15, 0.2) is 40.1 Å². The van der Waals surface area contributed by atoms with Crippen molar-refractivity contribution in [3.05, 3.63) is 70.5 Å². The van der Waals surface area contributed by atoms with Crippen LogP contribution in [0.4, 0.5) is 8.78 Å². The Balaban J connectivity index is 1.33. The molecule has 2 aromatic heterocycles. The zero-order valence-electron chi connectivity index (χ0n) is 20.5. The fourth-order valence-corrected chi connectivity index (χ4v) is 6.34. The van der Waals surface area contributed by atoms with Crippen LogP contribution in [0.25, 0.3) is 0 Å². The zero-order valence-corrected chi connectivity index (χ0v) is 21.3. The summed E-state index contributed by atoms with van der Waals surface area (Å²) in [4.78, 5) is 25.6. The summed E-state index contributed by atoms with van der Waals surface area (Å²) in [6, 6.07) is 4.24. The summed E-state index contributed by atoms with van der Waals surface area (Å²) in [6.07, 6.45) is 3.10. The molecule has 37 heavy (non-hydrogen) atoms. The number of aromatic nitrogens is 3. The number of thioether (sulfide) groups is 1. The number of carbonyl (C=O) groups is 1. The summed E-state index contributed by atoms with van der Waals surface area (Å²) in [7, 11) is 1.59. The maximum atomic E-state index is 15.1. The first-order valence-electron chi connectivity index (χ1n) is 11.6. The van der Waals surface area contributed by atoms with Gasteiger partial charge >= 0.3 is 0 Å². The number of aliphatic imine (C=N–C) groups is 1. The van der Waals surface area contributed by atoms with Crippen LogP contribution in [-0.2, 0) is 23.3 Å². The molecule has 1 saturated carbocycles. The van der Waals surface area contributed by atoms with Gasteiger partial charge in [0.25, 0.3) is 0 Å². The molecule has 5 rings (SSSR count). The van der Waals surface area contributed by atoms with Crippen molar-refractivity contribution < 1.29 is 27.6 Å². The second-order valence-corrected chi connectivity index (χ2v) is 10.9. The molecule has 0 bridgehead atoms. The average Bonchev–Trinajstić information content (AvgIpc) is 3.42. The third-order valence-electron chi connectivity index (χ3n) is 6.70. The van der Waals surface area contributed by atoms with E-state index in [1.165, 1.54) is 30.2 Å². The van der Waals surface area contributed by atoms with E-state index in [1.807, 2.05) is 0 Å². The highest BCUT2D eigenvalue weighted by Crippen LogP contribution is 2.66. The Kier molecular flexibility index (Phi) is 6.48. The van der Waals surface area contributed by atoms with Crippen molar-refractivity contribution in [2.75, 3.05) is 13.7 Å². The lowest BCUT2D eigenvalue weighted by atomic mass is 9.84. The van der Waals surface area contributed by atoms with Gasteiger partial charge in [-0.2, -0.15) is 0 Å². The van der Waals surface area contributed by atoms with Crippen LogP contribution >= 0.6 is 11.8 Å². The maximum absolute atomic E-state index is 15.1. The van der Waals surface area contributed by atoms with Crippen LogP contribution in [0, 0.1) is 24.5 Å². The topological polar surface area (TPSA) is 126 Å². The fraction of sp³-hybridized carbons (Fsp3) is 0.400. The number of methoxy groups -OCH3 is 1. The molecule has 2 aliphatic rings. The van der Waals surface area contributed by atoms with Gasteiger partial charge in [-0.1, -0.05) is 16.9 Å². The quantitative estimate of drug-likeness (QED) is 0.413. The smallest absolute Gasteiger partial charge is 0.232 e. The van der Waals surface area contributed by atoms with E-state index in [1.54, 1.807) is 27.0 Å². The molecule has 194 valence electrons. The number of hydrogen-bond acceptors (Lipinski definition) is 10. The first kappa shape index (κ1) is 25.3. The predicted octanol–water partition coefficient (Wildman–Crippen LogP) is 3.74. The molecule has 0 amide bonds. The van der Waals surface area contributed by atoms with Gasteiger partial charge in [-0.15, -0.1) is 0 Å². The normalized spacial score (nSPS) is 24.4. The highest BCUT2D eigenvalue weighted by molar-refractivity contribution is 8.15. The van der Waals surface area contributed by atoms with Crippen LogP contribution < -0.4 is 10.5 Å². The highest BCUT2D eigenvalue weighted by Gasteiger charge is 2.66. The summed E-state index contributed by atoms with van der Waals surface area (Å²) in [5.74, 6) is -1.68. The number of rotatable bonds is 9. The highest BCUT2D eigenvalue weighted by atomic mass is 32.2. The van der Waals surface area contributed by atoms with Gasteiger partial charge in [-0.3, -0.25) is 9.79 Å². The molecule has 0 saturated heterocycles. The van der Waals surface area contributed by atoms with E-state index in [0.717, 1.165) is 6.07 Å². The van der Waals surface area contributed by atoms with Crippen molar-refractivity contribution in [2.45, 2.75) is 43.6 Å². The van der Waals surface area contributed by atoms with Gasteiger partial charge in [0.05, 0.1) is 29.3 Å². The maximum Gasteiger partial charge on any atom is 0.232 e. The lowest BCUT2D eigenvalue weighted by molar-refractivity contribution is 0.0987. The molecule has 9 nitrogen and oxygen atoms in total. The predicted molar refractivity (Wildman–Crippen MR) is 131 cm³/mol. The van der Waals surface area contributed by atoms with Crippen LogP contribution in [0.5, 0.6) is 5.88 Å². The van der Waals surface area contributed by atoms with E-state index in [-0.39, 0.29) is 40.8 Å². The van der Waals surface area contributed by atoms with Gasteiger partial charge < -0.3 is 19.7 Å².